The molecule has 0 aliphatic heterocycles. The summed E-state index contributed by atoms with van der Waals surface area (Å²) in [5, 5.41) is 3.13. The molecule has 0 heterocycles. The smallest absolute Gasteiger partial charge is 0.329 e. The summed E-state index contributed by atoms with van der Waals surface area (Å²) in [7, 11) is -0.455. The van der Waals surface area contributed by atoms with Crippen molar-refractivity contribution < 1.29 is 23.5 Å². The van der Waals surface area contributed by atoms with Crippen LogP contribution >= 0.6 is 0 Å². The van der Waals surface area contributed by atoms with Crippen molar-refractivity contribution >= 4 is 26.3 Å². The first-order chi connectivity index (χ1) is 12.6. The Morgan fingerprint density at radius 3 is 2.26 bits per heavy atom. The van der Waals surface area contributed by atoms with Crippen LogP contribution in [0.4, 0.5) is 5.69 Å². The van der Waals surface area contributed by atoms with Gasteiger partial charge in [0.25, 0.3) is 0 Å². The maximum Gasteiger partial charge on any atom is 0.329 e. The molecule has 1 aromatic carbocycles. The number of aldehydes is 1. The van der Waals surface area contributed by atoms with Gasteiger partial charge < -0.3 is 24.0 Å². The van der Waals surface area contributed by atoms with Crippen LogP contribution in [0.25, 0.3) is 0 Å². The van der Waals surface area contributed by atoms with Crippen LogP contribution in [0.1, 0.15) is 27.7 Å². The van der Waals surface area contributed by atoms with E-state index < -0.39 is 26.2 Å². The first-order valence-corrected chi connectivity index (χ1v) is 12.1. The van der Waals surface area contributed by atoms with Crippen molar-refractivity contribution in [3.63, 3.8) is 0 Å². The van der Waals surface area contributed by atoms with Gasteiger partial charge in [-0.1, -0.05) is 20.8 Å². The fraction of sp³-hybridized carbons (Fsp3) is 0.600. The largest absolute Gasteiger partial charge is 0.497 e. The van der Waals surface area contributed by atoms with Crippen molar-refractivity contribution in [3.8, 4) is 5.75 Å². The second-order valence-electron chi connectivity index (χ2n) is 7.97. The van der Waals surface area contributed by atoms with E-state index in [0.717, 1.165) is 6.29 Å². The molecule has 0 aliphatic rings. The Kier molecular flexibility index (Phi) is 8.49. The van der Waals surface area contributed by atoms with E-state index in [1.807, 2.05) is 0 Å². The molecule has 0 radical (unpaired) electrons. The molecule has 27 heavy (non-hydrogen) atoms. The molecule has 1 N–H and O–H groups in total. The number of hydrogen-bond donors (Lipinski definition) is 1. The topological polar surface area (TPSA) is 73.9 Å². The molecule has 0 unspecified atom stereocenters. The number of methoxy groups -OCH3 is 1. The summed E-state index contributed by atoms with van der Waals surface area (Å²) in [6.45, 7) is 12.8. The quantitative estimate of drug-likeness (QED) is 0.368. The number of anilines is 1. The molecule has 152 valence electrons. The van der Waals surface area contributed by atoms with Crippen LogP contribution < -0.4 is 10.1 Å². The lowest BCUT2D eigenvalue weighted by Crippen LogP contribution is -2.46. The summed E-state index contributed by atoms with van der Waals surface area (Å²) >= 11 is 0. The Morgan fingerprint density at radius 2 is 1.81 bits per heavy atom. The summed E-state index contributed by atoms with van der Waals surface area (Å²) < 4.78 is 16.5. The number of benzene rings is 1. The number of esters is 1. The first kappa shape index (κ1) is 23.2. The molecular weight excluding hydrogens is 362 g/mol. The Bertz CT molecular complexity index is 610. The molecule has 1 aromatic rings. The highest BCUT2D eigenvalue weighted by molar-refractivity contribution is 6.74. The van der Waals surface area contributed by atoms with E-state index in [0.29, 0.717) is 11.4 Å². The molecule has 2 atom stereocenters. The molecule has 7 heteroatoms. The van der Waals surface area contributed by atoms with E-state index in [-0.39, 0.29) is 18.3 Å². The van der Waals surface area contributed by atoms with E-state index in [9.17, 15) is 9.59 Å². The van der Waals surface area contributed by atoms with E-state index in [4.69, 9.17) is 13.9 Å². The third kappa shape index (κ3) is 6.66. The predicted molar refractivity (Wildman–Crippen MR) is 110 cm³/mol. The van der Waals surface area contributed by atoms with Gasteiger partial charge in [0.15, 0.2) is 8.32 Å². The van der Waals surface area contributed by atoms with Crippen molar-refractivity contribution in [2.75, 3.05) is 25.6 Å². The van der Waals surface area contributed by atoms with Crippen molar-refractivity contribution in [1.29, 1.82) is 0 Å². The number of nitrogens with one attached hydrogen (secondary N) is 1. The zero-order valence-corrected chi connectivity index (χ0v) is 18.5. The van der Waals surface area contributed by atoms with E-state index in [1.54, 1.807) is 38.3 Å². The fourth-order valence-corrected chi connectivity index (χ4v) is 3.22. The molecule has 0 saturated carbocycles. The molecule has 0 spiro atoms. The molecule has 0 fully saturated rings. The molecule has 0 bridgehead atoms. The highest BCUT2D eigenvalue weighted by Gasteiger charge is 2.39. The minimum atomic E-state index is -2.04. The minimum Gasteiger partial charge on any atom is -0.497 e. The maximum absolute atomic E-state index is 12.5. The number of ether oxygens (including phenoxy) is 2. The fourth-order valence-electron chi connectivity index (χ4n) is 2.17. The van der Waals surface area contributed by atoms with Gasteiger partial charge in [0.2, 0.25) is 0 Å². The van der Waals surface area contributed by atoms with Crippen LogP contribution in [0.15, 0.2) is 24.3 Å². The van der Waals surface area contributed by atoms with Gasteiger partial charge in [0.05, 0.1) is 19.6 Å². The third-order valence-corrected chi connectivity index (χ3v) is 9.50. The standard InChI is InChI=1S/C20H33NO5Si/c1-8-25-19(23)18(21-16-9-11-17(24-5)12-10-16)15(13-22)14-26-27(6,7)20(2,3)4/h9-13,15,18,21H,8,14H2,1-7H3/t15-,18+/m1/s1. The maximum atomic E-state index is 12.5. The van der Waals surface area contributed by atoms with Gasteiger partial charge in [0.1, 0.15) is 18.1 Å². The predicted octanol–water partition coefficient (Wildman–Crippen LogP) is 3.88. The van der Waals surface area contributed by atoms with Crippen molar-refractivity contribution in [2.24, 2.45) is 5.92 Å². The monoisotopic (exact) mass is 395 g/mol. The van der Waals surface area contributed by atoms with Crippen LogP contribution in [-0.2, 0) is 18.8 Å². The highest BCUT2D eigenvalue weighted by atomic mass is 28.4. The summed E-state index contributed by atoms with van der Waals surface area (Å²) in [5.74, 6) is -0.411. The summed E-state index contributed by atoms with van der Waals surface area (Å²) in [6.07, 6.45) is 0.769. The molecule has 6 nitrogen and oxygen atoms in total. The zero-order chi connectivity index (χ0) is 20.7. The first-order valence-electron chi connectivity index (χ1n) is 9.22. The van der Waals surface area contributed by atoms with Crippen LogP contribution in [0.5, 0.6) is 5.75 Å². The van der Waals surface area contributed by atoms with Crippen LogP contribution in [-0.4, -0.2) is 46.9 Å². The Labute approximate surface area is 163 Å². The Hall–Kier alpha value is -1.86. The second kappa shape index (κ2) is 9.89. The number of hydrogen-bond acceptors (Lipinski definition) is 6. The lowest BCUT2D eigenvalue weighted by atomic mass is 10.0. The minimum absolute atomic E-state index is 0.0171. The van der Waals surface area contributed by atoms with Gasteiger partial charge in [0, 0.05) is 12.3 Å². The average molecular weight is 396 g/mol. The van der Waals surface area contributed by atoms with Gasteiger partial charge in [-0.15, -0.1) is 0 Å². The van der Waals surface area contributed by atoms with Crippen molar-refractivity contribution in [3.05, 3.63) is 24.3 Å². The van der Waals surface area contributed by atoms with Gasteiger partial charge >= 0.3 is 5.97 Å². The van der Waals surface area contributed by atoms with Crippen LogP contribution in [0.3, 0.4) is 0 Å². The Balaban J connectivity index is 2.97. The Morgan fingerprint density at radius 1 is 1.22 bits per heavy atom. The zero-order valence-electron chi connectivity index (χ0n) is 17.5. The summed E-state index contributed by atoms with van der Waals surface area (Å²) in [5.41, 5.74) is 0.702. The summed E-state index contributed by atoms with van der Waals surface area (Å²) in [4.78, 5) is 24.3. The summed E-state index contributed by atoms with van der Waals surface area (Å²) in [6, 6.07) is 6.34. The van der Waals surface area contributed by atoms with E-state index in [1.165, 1.54) is 0 Å². The number of rotatable bonds is 10. The molecule has 0 saturated heterocycles. The van der Waals surface area contributed by atoms with Crippen molar-refractivity contribution in [1.82, 2.24) is 0 Å². The van der Waals surface area contributed by atoms with Crippen molar-refractivity contribution in [2.45, 2.75) is 51.9 Å². The lowest BCUT2D eigenvalue weighted by Gasteiger charge is -2.37. The lowest BCUT2D eigenvalue weighted by molar-refractivity contribution is -0.146. The third-order valence-electron chi connectivity index (χ3n) is 5.00. The van der Waals surface area contributed by atoms with Crippen LogP contribution in [0, 0.1) is 5.92 Å². The normalized spacial score (nSPS) is 14.2. The van der Waals surface area contributed by atoms with Crippen LogP contribution in [0.2, 0.25) is 18.1 Å². The molecule has 0 amide bonds. The highest BCUT2D eigenvalue weighted by Crippen LogP contribution is 2.37. The molecule has 0 aromatic heterocycles. The number of carbonyl (C=O) groups is 2. The van der Waals surface area contributed by atoms with Gasteiger partial charge in [-0.25, -0.2) is 4.79 Å². The average Bonchev–Trinajstić information content (AvgIpc) is 2.60. The van der Waals surface area contributed by atoms with Gasteiger partial charge in [-0.3, -0.25) is 0 Å². The molecule has 1 rings (SSSR count). The number of carbonyl (C=O) groups excluding carboxylic acids is 2. The van der Waals surface area contributed by atoms with E-state index >= 15 is 0 Å². The SMILES string of the molecule is CCOC(=O)[C@@H](Nc1ccc(OC)cc1)[C@H](C=O)CO[Si](C)(C)C(C)(C)C. The van der Waals surface area contributed by atoms with Gasteiger partial charge in [-0.2, -0.15) is 0 Å². The molecule has 0 aliphatic carbocycles. The van der Waals surface area contributed by atoms with Gasteiger partial charge in [-0.05, 0) is 49.3 Å². The second-order valence-corrected chi connectivity index (χ2v) is 12.8. The molecular formula is C20H33NO5Si. The van der Waals surface area contributed by atoms with E-state index in [2.05, 4.69) is 39.2 Å².